The zero-order chi connectivity index (χ0) is 31.8. The number of hydrogen-bond acceptors (Lipinski definition) is 4. The van der Waals surface area contributed by atoms with Gasteiger partial charge in [-0.25, -0.2) is 12.8 Å². The molecule has 1 saturated carbocycles. The van der Waals surface area contributed by atoms with Crippen LogP contribution in [-0.4, -0.2) is 43.8 Å². The molecule has 0 bridgehead atoms. The number of anilines is 1. The Balaban J connectivity index is 1.56. The Morgan fingerprint density at radius 1 is 0.844 bits per heavy atom. The lowest BCUT2D eigenvalue weighted by molar-refractivity contribution is -0.140. The average molecular weight is 648 g/mol. The van der Waals surface area contributed by atoms with E-state index in [-0.39, 0.29) is 35.5 Å². The van der Waals surface area contributed by atoms with Crippen LogP contribution < -0.4 is 9.62 Å². The lowest BCUT2D eigenvalue weighted by atomic mass is 10.0. The third-order valence-electron chi connectivity index (χ3n) is 7.95. The average Bonchev–Trinajstić information content (AvgIpc) is 3.56. The zero-order valence-corrected chi connectivity index (χ0v) is 26.3. The van der Waals surface area contributed by atoms with Gasteiger partial charge in [-0.05, 0) is 66.4 Å². The van der Waals surface area contributed by atoms with Crippen LogP contribution in [0.2, 0.25) is 5.02 Å². The summed E-state index contributed by atoms with van der Waals surface area (Å²) in [7, 11) is -4.22. The quantitative estimate of drug-likeness (QED) is 0.194. The maximum atomic E-state index is 14.5. The van der Waals surface area contributed by atoms with E-state index in [9.17, 15) is 22.4 Å². The van der Waals surface area contributed by atoms with E-state index < -0.39 is 34.3 Å². The second-order valence-electron chi connectivity index (χ2n) is 11.1. The predicted molar refractivity (Wildman–Crippen MR) is 174 cm³/mol. The number of hydrogen-bond donors (Lipinski definition) is 1. The van der Waals surface area contributed by atoms with Gasteiger partial charge in [0.2, 0.25) is 11.8 Å². The fourth-order valence-corrected chi connectivity index (χ4v) is 7.20. The lowest BCUT2D eigenvalue weighted by Gasteiger charge is -2.34. The van der Waals surface area contributed by atoms with Gasteiger partial charge in [-0.3, -0.25) is 13.9 Å². The van der Waals surface area contributed by atoms with Gasteiger partial charge in [0, 0.05) is 24.0 Å². The highest BCUT2D eigenvalue weighted by Crippen LogP contribution is 2.27. The van der Waals surface area contributed by atoms with Gasteiger partial charge in [0.25, 0.3) is 10.0 Å². The van der Waals surface area contributed by atoms with Crippen LogP contribution in [-0.2, 0) is 32.6 Å². The van der Waals surface area contributed by atoms with Crippen molar-refractivity contribution in [1.29, 1.82) is 0 Å². The first-order valence-corrected chi connectivity index (χ1v) is 16.7. The molecule has 10 heteroatoms. The second-order valence-corrected chi connectivity index (χ2v) is 13.4. The lowest BCUT2D eigenvalue weighted by Crippen LogP contribution is -2.54. The SMILES string of the molecule is O=C(NC1CCCC1)[C@@H](Cc1ccccc1)N(Cc1ccc(F)cc1)C(=O)CN(c1cccc(Cl)c1)S(=O)(=O)c1ccccc1. The van der Waals surface area contributed by atoms with Crippen molar-refractivity contribution >= 4 is 39.1 Å². The van der Waals surface area contributed by atoms with Gasteiger partial charge >= 0.3 is 0 Å². The molecule has 4 aromatic rings. The van der Waals surface area contributed by atoms with E-state index in [1.165, 1.54) is 35.2 Å². The van der Waals surface area contributed by atoms with E-state index in [0.717, 1.165) is 35.6 Å². The van der Waals surface area contributed by atoms with Crippen molar-refractivity contribution in [3.63, 3.8) is 0 Å². The molecule has 0 aromatic heterocycles. The number of nitrogens with zero attached hydrogens (tertiary/aromatic N) is 2. The number of rotatable bonds is 12. The Labute approximate surface area is 268 Å². The summed E-state index contributed by atoms with van der Waals surface area (Å²) in [6.45, 7) is -0.635. The summed E-state index contributed by atoms with van der Waals surface area (Å²) < 4.78 is 42.9. The first kappa shape index (κ1) is 32.2. The molecule has 5 rings (SSSR count). The minimum Gasteiger partial charge on any atom is -0.352 e. The molecule has 1 aliphatic rings. The van der Waals surface area contributed by atoms with Gasteiger partial charge in [0.05, 0.1) is 10.6 Å². The van der Waals surface area contributed by atoms with Crippen molar-refractivity contribution in [3.8, 4) is 0 Å². The van der Waals surface area contributed by atoms with Gasteiger partial charge in [-0.2, -0.15) is 0 Å². The van der Waals surface area contributed by atoms with Gasteiger partial charge in [0.15, 0.2) is 0 Å². The van der Waals surface area contributed by atoms with Gasteiger partial charge in [-0.1, -0.05) is 91.2 Å². The Kier molecular flexibility index (Phi) is 10.5. The summed E-state index contributed by atoms with van der Waals surface area (Å²) in [5, 5.41) is 3.44. The molecule has 234 valence electrons. The molecule has 45 heavy (non-hydrogen) atoms. The highest BCUT2D eigenvalue weighted by atomic mass is 35.5. The highest BCUT2D eigenvalue weighted by molar-refractivity contribution is 7.92. The number of carbonyl (C=O) groups excluding carboxylic acids is 2. The zero-order valence-electron chi connectivity index (χ0n) is 24.7. The summed E-state index contributed by atoms with van der Waals surface area (Å²) in [4.78, 5) is 29.9. The van der Waals surface area contributed by atoms with Gasteiger partial charge in [-0.15, -0.1) is 0 Å². The van der Waals surface area contributed by atoms with E-state index in [4.69, 9.17) is 11.6 Å². The van der Waals surface area contributed by atoms with Crippen molar-refractivity contribution in [2.24, 2.45) is 0 Å². The van der Waals surface area contributed by atoms with Crippen molar-refractivity contribution in [2.75, 3.05) is 10.8 Å². The van der Waals surface area contributed by atoms with Crippen molar-refractivity contribution in [1.82, 2.24) is 10.2 Å². The van der Waals surface area contributed by atoms with E-state index >= 15 is 0 Å². The molecule has 0 spiro atoms. The van der Waals surface area contributed by atoms with Crippen molar-refractivity contribution in [3.05, 3.63) is 131 Å². The second kappa shape index (κ2) is 14.7. The Bertz CT molecular complexity index is 1700. The molecule has 0 saturated heterocycles. The van der Waals surface area contributed by atoms with Crippen molar-refractivity contribution in [2.45, 2.75) is 55.6 Å². The molecule has 0 radical (unpaired) electrons. The summed E-state index contributed by atoms with van der Waals surface area (Å²) >= 11 is 6.27. The predicted octanol–water partition coefficient (Wildman–Crippen LogP) is 6.37. The van der Waals surface area contributed by atoms with Crippen LogP contribution in [0.25, 0.3) is 0 Å². The summed E-state index contributed by atoms with van der Waals surface area (Å²) in [6, 6.07) is 28.2. The van der Waals surface area contributed by atoms with Crippen LogP contribution in [0.1, 0.15) is 36.8 Å². The smallest absolute Gasteiger partial charge is 0.264 e. The standard InChI is InChI=1S/C35H35ClFN3O4S/c36-28-12-9-15-31(23-28)40(45(43,44)32-16-5-2-6-17-32)25-34(41)39(24-27-18-20-29(37)21-19-27)33(22-26-10-3-1-4-11-26)35(42)38-30-13-7-8-14-30/h1-6,9-12,15-21,23,30,33H,7-8,13-14,22,24-25H2,(H,38,42)/t33-/m1/s1. The Morgan fingerprint density at radius 3 is 2.13 bits per heavy atom. The molecule has 1 N–H and O–H groups in total. The molecule has 7 nitrogen and oxygen atoms in total. The van der Waals surface area contributed by atoms with Crippen LogP contribution in [0.3, 0.4) is 0 Å². The maximum Gasteiger partial charge on any atom is 0.264 e. The topological polar surface area (TPSA) is 86.8 Å². The van der Waals surface area contributed by atoms with Crippen LogP contribution >= 0.6 is 11.6 Å². The van der Waals surface area contributed by atoms with E-state index in [1.807, 2.05) is 30.3 Å². The number of benzene rings is 4. The van der Waals surface area contributed by atoms with Crippen LogP contribution in [0.5, 0.6) is 0 Å². The molecule has 1 fully saturated rings. The number of carbonyl (C=O) groups is 2. The molecular weight excluding hydrogens is 613 g/mol. The largest absolute Gasteiger partial charge is 0.352 e. The van der Waals surface area contributed by atoms with Gasteiger partial charge < -0.3 is 10.2 Å². The van der Waals surface area contributed by atoms with E-state index in [0.29, 0.717) is 10.6 Å². The van der Waals surface area contributed by atoms with Crippen molar-refractivity contribution < 1.29 is 22.4 Å². The van der Waals surface area contributed by atoms with Crippen LogP contribution in [0, 0.1) is 5.82 Å². The normalized spacial score (nSPS) is 14.1. The Morgan fingerprint density at radius 2 is 1.49 bits per heavy atom. The first-order chi connectivity index (χ1) is 21.7. The third kappa shape index (κ3) is 8.29. The number of amides is 2. The summed E-state index contributed by atoms with van der Waals surface area (Å²) in [5.74, 6) is -1.35. The van der Waals surface area contributed by atoms with Crippen LogP contribution in [0.15, 0.2) is 114 Å². The summed E-state index contributed by atoms with van der Waals surface area (Å²) in [6.07, 6.45) is 3.94. The fourth-order valence-electron chi connectivity index (χ4n) is 5.59. The number of halogens is 2. The Hall–Kier alpha value is -4.21. The monoisotopic (exact) mass is 647 g/mol. The van der Waals surface area contributed by atoms with E-state index in [1.54, 1.807) is 48.5 Å². The molecule has 1 aliphatic carbocycles. The summed E-state index contributed by atoms with van der Waals surface area (Å²) in [5.41, 5.74) is 1.64. The first-order valence-electron chi connectivity index (χ1n) is 14.9. The molecule has 0 unspecified atom stereocenters. The molecular formula is C35H35ClFN3O4S. The number of sulfonamides is 1. The maximum absolute atomic E-state index is 14.5. The minimum absolute atomic E-state index is 0.0000333. The minimum atomic E-state index is -4.22. The molecule has 4 aromatic carbocycles. The van der Waals surface area contributed by atoms with Gasteiger partial charge in [0.1, 0.15) is 18.4 Å². The molecule has 2 amide bonds. The van der Waals surface area contributed by atoms with E-state index in [2.05, 4.69) is 5.32 Å². The third-order valence-corrected chi connectivity index (χ3v) is 9.97. The number of nitrogens with one attached hydrogen (secondary N) is 1. The highest BCUT2D eigenvalue weighted by Gasteiger charge is 2.35. The molecule has 1 atom stereocenters. The molecule has 0 heterocycles. The molecule has 0 aliphatic heterocycles. The fraction of sp³-hybridized carbons (Fsp3) is 0.257. The van der Waals surface area contributed by atoms with Crippen LogP contribution in [0.4, 0.5) is 10.1 Å².